The Morgan fingerprint density at radius 3 is 2.17 bits per heavy atom. The van der Waals surface area contributed by atoms with E-state index >= 15 is 0 Å². The number of aliphatic hydroxyl groups excluding tert-OH is 2. The number of rotatable bonds is 5. The van der Waals surface area contributed by atoms with Gasteiger partial charge in [-0.15, -0.1) is 0 Å². The van der Waals surface area contributed by atoms with Gasteiger partial charge < -0.3 is 20.7 Å². The minimum Gasteiger partial charge on any atom is -0.390 e. The van der Waals surface area contributed by atoms with Crippen molar-refractivity contribution in [3.05, 3.63) is 0 Å². The molecule has 0 heterocycles. The molecule has 4 N–H and O–H groups in total. The second-order valence-corrected chi connectivity index (χ2v) is 2.99. The first kappa shape index (κ1) is 11.8. The fraction of sp³-hybridized carbons (Fsp3) is 1.00. The summed E-state index contributed by atoms with van der Waals surface area (Å²) in [7, 11) is 0. The Bertz CT molecular complexity index is 129. The fourth-order valence-electron chi connectivity index (χ4n) is 1.09. The number of aliphatic hydroxyl groups is 2. The van der Waals surface area contributed by atoms with Gasteiger partial charge >= 0.3 is 0 Å². The SMILES string of the molecule is CCOC(C)(C(N)O)C(O)CC. The van der Waals surface area contributed by atoms with Gasteiger partial charge in [-0.3, -0.25) is 0 Å². The summed E-state index contributed by atoms with van der Waals surface area (Å²) in [5.74, 6) is 0. The lowest BCUT2D eigenvalue weighted by atomic mass is 9.95. The summed E-state index contributed by atoms with van der Waals surface area (Å²) in [6.45, 7) is 5.63. The molecule has 0 aliphatic carbocycles. The van der Waals surface area contributed by atoms with Crippen LogP contribution in [0.25, 0.3) is 0 Å². The Balaban J connectivity index is 4.37. The van der Waals surface area contributed by atoms with E-state index in [2.05, 4.69) is 0 Å². The maximum Gasteiger partial charge on any atom is 0.134 e. The quantitative estimate of drug-likeness (QED) is 0.510. The molecule has 0 spiro atoms. The van der Waals surface area contributed by atoms with Crippen LogP contribution in [0.5, 0.6) is 0 Å². The highest BCUT2D eigenvalue weighted by molar-refractivity contribution is 4.87. The third kappa shape index (κ3) is 2.42. The van der Waals surface area contributed by atoms with Gasteiger partial charge in [-0.2, -0.15) is 0 Å². The minimum atomic E-state index is -1.16. The Morgan fingerprint density at radius 1 is 1.42 bits per heavy atom. The molecule has 0 aromatic heterocycles. The Kier molecular flexibility index (Phi) is 4.70. The molecule has 3 unspecified atom stereocenters. The van der Waals surface area contributed by atoms with Gasteiger partial charge in [0.15, 0.2) is 0 Å². The number of hydrogen-bond acceptors (Lipinski definition) is 4. The average Bonchev–Trinajstić information content (AvgIpc) is 2.03. The molecule has 0 aromatic carbocycles. The van der Waals surface area contributed by atoms with E-state index in [4.69, 9.17) is 10.5 Å². The van der Waals surface area contributed by atoms with E-state index in [1.807, 2.05) is 6.92 Å². The van der Waals surface area contributed by atoms with Crippen molar-refractivity contribution in [3.63, 3.8) is 0 Å². The van der Waals surface area contributed by atoms with Crippen LogP contribution >= 0.6 is 0 Å². The standard InChI is InChI=1S/C8H19NO3/c1-4-6(10)8(3,7(9)11)12-5-2/h6-7,10-11H,4-5,9H2,1-3H3. The maximum absolute atomic E-state index is 9.51. The molecule has 0 amide bonds. The van der Waals surface area contributed by atoms with Gasteiger partial charge in [0, 0.05) is 6.61 Å². The van der Waals surface area contributed by atoms with E-state index in [1.54, 1.807) is 13.8 Å². The molecule has 4 nitrogen and oxygen atoms in total. The van der Waals surface area contributed by atoms with E-state index in [0.717, 1.165) is 0 Å². The van der Waals surface area contributed by atoms with E-state index in [0.29, 0.717) is 13.0 Å². The summed E-state index contributed by atoms with van der Waals surface area (Å²) < 4.78 is 5.22. The first-order valence-corrected chi connectivity index (χ1v) is 4.24. The summed E-state index contributed by atoms with van der Waals surface area (Å²) in [6.07, 6.45) is -1.39. The fourth-order valence-corrected chi connectivity index (χ4v) is 1.09. The molecule has 0 aliphatic heterocycles. The Labute approximate surface area is 73.3 Å². The van der Waals surface area contributed by atoms with Crippen molar-refractivity contribution in [2.75, 3.05) is 6.61 Å². The van der Waals surface area contributed by atoms with E-state index in [9.17, 15) is 10.2 Å². The lowest BCUT2D eigenvalue weighted by Crippen LogP contribution is -2.55. The van der Waals surface area contributed by atoms with Crippen LogP contribution in [-0.2, 0) is 4.74 Å². The second kappa shape index (κ2) is 4.77. The Hall–Kier alpha value is -0.160. The first-order chi connectivity index (χ1) is 5.49. The third-order valence-corrected chi connectivity index (χ3v) is 2.09. The summed E-state index contributed by atoms with van der Waals surface area (Å²) in [4.78, 5) is 0. The largest absolute Gasteiger partial charge is 0.390 e. The van der Waals surface area contributed by atoms with Crippen molar-refractivity contribution in [2.24, 2.45) is 5.73 Å². The second-order valence-electron chi connectivity index (χ2n) is 2.99. The maximum atomic E-state index is 9.51. The normalized spacial score (nSPS) is 21.5. The van der Waals surface area contributed by atoms with Crippen molar-refractivity contribution in [3.8, 4) is 0 Å². The molecule has 0 bridgehead atoms. The molecule has 0 aromatic rings. The number of nitrogens with two attached hydrogens (primary N) is 1. The van der Waals surface area contributed by atoms with E-state index in [1.165, 1.54) is 0 Å². The number of hydrogen-bond donors (Lipinski definition) is 3. The average molecular weight is 177 g/mol. The van der Waals surface area contributed by atoms with Crippen LogP contribution in [0.3, 0.4) is 0 Å². The van der Waals surface area contributed by atoms with Gasteiger partial charge in [0.1, 0.15) is 11.8 Å². The molecular formula is C8H19NO3. The monoisotopic (exact) mass is 177 g/mol. The lowest BCUT2D eigenvalue weighted by molar-refractivity contribution is -0.167. The molecule has 0 rings (SSSR count). The van der Waals surface area contributed by atoms with Crippen LogP contribution in [0, 0.1) is 0 Å². The van der Waals surface area contributed by atoms with Crippen molar-refractivity contribution in [2.45, 2.75) is 45.1 Å². The third-order valence-electron chi connectivity index (χ3n) is 2.09. The van der Waals surface area contributed by atoms with Crippen LogP contribution in [0.4, 0.5) is 0 Å². The smallest absolute Gasteiger partial charge is 0.134 e. The van der Waals surface area contributed by atoms with Gasteiger partial charge in [0.25, 0.3) is 0 Å². The van der Waals surface area contributed by atoms with Gasteiger partial charge in [0.2, 0.25) is 0 Å². The topological polar surface area (TPSA) is 75.7 Å². The summed E-state index contributed by atoms with van der Waals surface area (Å²) in [5.41, 5.74) is 4.25. The van der Waals surface area contributed by atoms with Crippen LogP contribution in [0.15, 0.2) is 0 Å². The zero-order chi connectivity index (χ0) is 9.78. The molecule has 0 aliphatic rings. The minimum absolute atomic E-state index is 0.418. The summed E-state index contributed by atoms with van der Waals surface area (Å²) in [5, 5.41) is 18.7. The van der Waals surface area contributed by atoms with Crippen LogP contribution in [0.1, 0.15) is 27.2 Å². The molecule has 74 valence electrons. The van der Waals surface area contributed by atoms with Crippen molar-refractivity contribution < 1.29 is 14.9 Å². The highest BCUT2D eigenvalue weighted by Crippen LogP contribution is 2.20. The molecular weight excluding hydrogens is 158 g/mol. The van der Waals surface area contributed by atoms with Crippen molar-refractivity contribution in [1.82, 2.24) is 0 Å². The molecule has 3 atom stereocenters. The zero-order valence-electron chi connectivity index (χ0n) is 7.95. The first-order valence-electron chi connectivity index (χ1n) is 4.24. The van der Waals surface area contributed by atoms with Gasteiger partial charge in [0.05, 0.1) is 6.10 Å². The summed E-state index contributed by atoms with van der Waals surface area (Å²) >= 11 is 0. The van der Waals surface area contributed by atoms with Crippen LogP contribution in [-0.4, -0.2) is 34.8 Å². The highest BCUT2D eigenvalue weighted by Gasteiger charge is 2.38. The van der Waals surface area contributed by atoms with Crippen LogP contribution in [0.2, 0.25) is 0 Å². The molecule has 0 radical (unpaired) electrons. The van der Waals surface area contributed by atoms with Gasteiger partial charge in [-0.1, -0.05) is 6.92 Å². The molecule has 0 fully saturated rings. The summed E-state index contributed by atoms with van der Waals surface area (Å²) in [6, 6.07) is 0. The predicted octanol–water partition coefficient (Wildman–Crippen LogP) is -0.170. The van der Waals surface area contributed by atoms with E-state index < -0.39 is 17.9 Å². The number of ether oxygens (including phenoxy) is 1. The molecule has 4 heteroatoms. The highest BCUT2D eigenvalue weighted by atomic mass is 16.5. The Morgan fingerprint density at radius 2 is 1.92 bits per heavy atom. The molecule has 12 heavy (non-hydrogen) atoms. The van der Waals surface area contributed by atoms with E-state index in [-0.39, 0.29) is 0 Å². The van der Waals surface area contributed by atoms with Gasteiger partial charge in [-0.25, -0.2) is 0 Å². The van der Waals surface area contributed by atoms with Crippen LogP contribution < -0.4 is 5.73 Å². The van der Waals surface area contributed by atoms with Crippen molar-refractivity contribution >= 4 is 0 Å². The zero-order valence-corrected chi connectivity index (χ0v) is 7.95. The predicted molar refractivity (Wildman–Crippen MR) is 46.5 cm³/mol. The molecule has 0 saturated carbocycles. The molecule has 0 saturated heterocycles. The lowest BCUT2D eigenvalue weighted by Gasteiger charge is -2.35. The van der Waals surface area contributed by atoms with Gasteiger partial charge in [-0.05, 0) is 20.3 Å². The van der Waals surface area contributed by atoms with Crippen molar-refractivity contribution in [1.29, 1.82) is 0 Å².